The van der Waals surface area contributed by atoms with E-state index in [0.29, 0.717) is 18.9 Å². The van der Waals surface area contributed by atoms with Crippen molar-refractivity contribution >= 4 is 5.97 Å². The third kappa shape index (κ3) is 6.89. The number of esters is 1. The third-order valence-electron chi connectivity index (χ3n) is 1.68. The molecule has 0 heterocycles. The summed E-state index contributed by atoms with van der Waals surface area (Å²) >= 11 is 0. The van der Waals surface area contributed by atoms with Crippen LogP contribution in [0.3, 0.4) is 0 Å². The SMILES string of the molecule is CC(C)CC(N)C(=O)OCC(C)(C)C. The number of hydrogen-bond donors (Lipinski definition) is 1. The fourth-order valence-electron chi connectivity index (χ4n) is 0.999. The average Bonchev–Trinajstić information content (AvgIpc) is 1.97. The molecule has 0 saturated heterocycles. The zero-order chi connectivity index (χ0) is 11.4. The van der Waals surface area contributed by atoms with Crippen molar-refractivity contribution in [2.45, 2.75) is 47.1 Å². The quantitative estimate of drug-likeness (QED) is 0.707. The zero-order valence-electron chi connectivity index (χ0n) is 9.96. The van der Waals surface area contributed by atoms with Crippen LogP contribution < -0.4 is 5.73 Å². The molecule has 0 amide bonds. The minimum atomic E-state index is -0.475. The zero-order valence-corrected chi connectivity index (χ0v) is 9.96. The second-order valence-electron chi connectivity index (χ2n) is 5.40. The van der Waals surface area contributed by atoms with Crippen molar-refractivity contribution < 1.29 is 9.53 Å². The first kappa shape index (κ1) is 13.4. The normalized spacial score (nSPS) is 14.2. The van der Waals surface area contributed by atoms with E-state index in [-0.39, 0.29) is 11.4 Å². The number of carbonyl (C=O) groups excluding carboxylic acids is 1. The topological polar surface area (TPSA) is 52.3 Å². The molecule has 0 aliphatic heterocycles. The highest BCUT2D eigenvalue weighted by Crippen LogP contribution is 2.13. The maximum Gasteiger partial charge on any atom is 0.322 e. The number of nitrogens with two attached hydrogens (primary N) is 1. The third-order valence-corrected chi connectivity index (χ3v) is 1.68. The van der Waals surface area contributed by atoms with Crippen LogP contribution in [0.4, 0.5) is 0 Å². The summed E-state index contributed by atoms with van der Waals surface area (Å²) in [6.07, 6.45) is 0.684. The fraction of sp³-hybridized carbons (Fsp3) is 0.909. The summed E-state index contributed by atoms with van der Waals surface area (Å²) in [4.78, 5) is 11.4. The van der Waals surface area contributed by atoms with Gasteiger partial charge in [0.1, 0.15) is 6.04 Å². The van der Waals surface area contributed by atoms with Crippen LogP contribution in [0.2, 0.25) is 0 Å². The van der Waals surface area contributed by atoms with Crippen molar-refractivity contribution in [3.8, 4) is 0 Å². The van der Waals surface area contributed by atoms with E-state index in [0.717, 1.165) is 0 Å². The van der Waals surface area contributed by atoms with Gasteiger partial charge in [-0.2, -0.15) is 0 Å². The van der Waals surface area contributed by atoms with Crippen LogP contribution in [0.5, 0.6) is 0 Å². The van der Waals surface area contributed by atoms with Crippen LogP contribution in [-0.2, 0) is 9.53 Å². The van der Waals surface area contributed by atoms with Gasteiger partial charge in [0.05, 0.1) is 6.61 Å². The minimum Gasteiger partial charge on any atom is -0.464 e. The number of rotatable bonds is 4. The Morgan fingerprint density at radius 3 is 2.21 bits per heavy atom. The van der Waals surface area contributed by atoms with Gasteiger partial charge in [0.15, 0.2) is 0 Å². The van der Waals surface area contributed by atoms with Crippen molar-refractivity contribution in [1.82, 2.24) is 0 Å². The van der Waals surface area contributed by atoms with Crippen LogP contribution >= 0.6 is 0 Å². The highest BCUT2D eigenvalue weighted by molar-refractivity contribution is 5.75. The predicted octanol–water partition coefficient (Wildman–Crippen LogP) is 1.95. The molecule has 84 valence electrons. The number of ether oxygens (including phenoxy) is 1. The van der Waals surface area contributed by atoms with Crippen molar-refractivity contribution in [3.05, 3.63) is 0 Å². The van der Waals surface area contributed by atoms with Gasteiger partial charge in [-0.05, 0) is 17.8 Å². The molecule has 2 N–H and O–H groups in total. The average molecular weight is 201 g/mol. The van der Waals surface area contributed by atoms with Gasteiger partial charge >= 0.3 is 5.97 Å². The Morgan fingerprint density at radius 2 is 1.86 bits per heavy atom. The molecule has 0 rings (SSSR count). The molecule has 0 aromatic carbocycles. The molecule has 0 fully saturated rings. The number of carbonyl (C=O) groups is 1. The summed E-state index contributed by atoms with van der Waals surface area (Å²) in [6.45, 7) is 10.6. The van der Waals surface area contributed by atoms with E-state index in [9.17, 15) is 4.79 Å². The Hall–Kier alpha value is -0.570. The molecule has 0 radical (unpaired) electrons. The van der Waals surface area contributed by atoms with Gasteiger partial charge in [-0.15, -0.1) is 0 Å². The second kappa shape index (κ2) is 5.35. The molecular weight excluding hydrogens is 178 g/mol. The van der Waals surface area contributed by atoms with Crippen LogP contribution in [0, 0.1) is 11.3 Å². The van der Waals surface area contributed by atoms with Gasteiger partial charge in [-0.25, -0.2) is 0 Å². The molecule has 3 heteroatoms. The Balaban J connectivity index is 3.85. The molecular formula is C11H23NO2. The van der Waals surface area contributed by atoms with E-state index in [1.807, 2.05) is 34.6 Å². The summed E-state index contributed by atoms with van der Waals surface area (Å²) in [5, 5.41) is 0. The monoisotopic (exact) mass is 201 g/mol. The molecule has 0 bridgehead atoms. The molecule has 0 aliphatic carbocycles. The van der Waals surface area contributed by atoms with Gasteiger partial charge < -0.3 is 10.5 Å². The Kier molecular flexibility index (Phi) is 5.13. The Morgan fingerprint density at radius 1 is 1.36 bits per heavy atom. The summed E-state index contributed by atoms with van der Waals surface area (Å²) in [5.74, 6) is 0.140. The van der Waals surface area contributed by atoms with Gasteiger partial charge in [0.25, 0.3) is 0 Å². The fourth-order valence-corrected chi connectivity index (χ4v) is 0.999. The van der Waals surface area contributed by atoms with E-state index in [4.69, 9.17) is 10.5 Å². The van der Waals surface area contributed by atoms with Crippen LogP contribution in [-0.4, -0.2) is 18.6 Å². The largest absolute Gasteiger partial charge is 0.464 e. The van der Waals surface area contributed by atoms with Crippen LogP contribution in [0.1, 0.15) is 41.0 Å². The lowest BCUT2D eigenvalue weighted by Gasteiger charge is -2.20. The lowest BCUT2D eigenvalue weighted by atomic mass is 9.98. The first-order chi connectivity index (χ1) is 6.22. The van der Waals surface area contributed by atoms with Gasteiger partial charge in [-0.3, -0.25) is 4.79 Å². The highest BCUT2D eigenvalue weighted by atomic mass is 16.5. The standard InChI is InChI=1S/C11H23NO2/c1-8(2)6-9(12)10(13)14-7-11(3,4)5/h8-9H,6-7,12H2,1-5H3. The molecule has 0 aliphatic rings. The van der Waals surface area contributed by atoms with Crippen LogP contribution in [0.25, 0.3) is 0 Å². The predicted molar refractivity (Wildman–Crippen MR) is 57.8 cm³/mol. The molecule has 0 aromatic heterocycles. The molecule has 1 atom stereocenters. The molecule has 3 nitrogen and oxygen atoms in total. The van der Waals surface area contributed by atoms with Crippen LogP contribution in [0.15, 0.2) is 0 Å². The molecule has 0 saturated carbocycles. The molecule has 0 spiro atoms. The molecule has 14 heavy (non-hydrogen) atoms. The lowest BCUT2D eigenvalue weighted by Crippen LogP contribution is -2.35. The summed E-state index contributed by atoms with van der Waals surface area (Å²) < 4.78 is 5.11. The smallest absolute Gasteiger partial charge is 0.322 e. The van der Waals surface area contributed by atoms with Gasteiger partial charge in [0, 0.05) is 0 Å². The van der Waals surface area contributed by atoms with Crippen molar-refractivity contribution in [2.75, 3.05) is 6.61 Å². The van der Waals surface area contributed by atoms with Gasteiger partial charge in [-0.1, -0.05) is 34.6 Å². The van der Waals surface area contributed by atoms with Crippen molar-refractivity contribution in [2.24, 2.45) is 17.1 Å². The lowest BCUT2D eigenvalue weighted by molar-refractivity contribution is -0.148. The summed E-state index contributed by atoms with van der Waals surface area (Å²) in [6, 6.07) is -0.475. The first-order valence-corrected chi connectivity index (χ1v) is 5.14. The van der Waals surface area contributed by atoms with Crippen molar-refractivity contribution in [1.29, 1.82) is 0 Å². The Labute approximate surface area is 87.0 Å². The van der Waals surface area contributed by atoms with E-state index in [2.05, 4.69) is 0 Å². The van der Waals surface area contributed by atoms with Gasteiger partial charge in [0.2, 0.25) is 0 Å². The summed E-state index contributed by atoms with van der Waals surface area (Å²) in [7, 11) is 0. The molecule has 1 unspecified atom stereocenters. The van der Waals surface area contributed by atoms with E-state index in [1.54, 1.807) is 0 Å². The summed E-state index contributed by atoms with van der Waals surface area (Å²) in [5.41, 5.74) is 5.68. The highest BCUT2D eigenvalue weighted by Gasteiger charge is 2.19. The number of hydrogen-bond acceptors (Lipinski definition) is 3. The van der Waals surface area contributed by atoms with E-state index >= 15 is 0 Å². The van der Waals surface area contributed by atoms with E-state index < -0.39 is 6.04 Å². The maximum atomic E-state index is 11.4. The Bertz CT molecular complexity index is 182. The molecule has 0 aromatic rings. The maximum absolute atomic E-state index is 11.4. The first-order valence-electron chi connectivity index (χ1n) is 5.14. The minimum absolute atomic E-state index is 0.00715. The second-order valence-corrected chi connectivity index (χ2v) is 5.40. The van der Waals surface area contributed by atoms with Crippen molar-refractivity contribution in [3.63, 3.8) is 0 Å². The van der Waals surface area contributed by atoms with E-state index in [1.165, 1.54) is 0 Å².